The number of hydrogen-bond donors (Lipinski definition) is 2. The number of aryl methyl sites for hydroxylation is 3. The zero-order valence-corrected chi connectivity index (χ0v) is 15.6. The van der Waals surface area contributed by atoms with Crippen molar-refractivity contribution in [3.63, 3.8) is 0 Å². The van der Waals surface area contributed by atoms with Gasteiger partial charge >= 0.3 is 10.7 Å². The lowest BCUT2D eigenvalue weighted by Gasteiger charge is -2.08. The van der Waals surface area contributed by atoms with Crippen LogP contribution >= 0.6 is 11.8 Å². The van der Waals surface area contributed by atoms with Crippen molar-refractivity contribution < 1.29 is 14.0 Å². The third-order valence-electron chi connectivity index (χ3n) is 3.91. The zero-order valence-electron chi connectivity index (χ0n) is 14.8. The summed E-state index contributed by atoms with van der Waals surface area (Å²) < 4.78 is 6.43. The van der Waals surface area contributed by atoms with Gasteiger partial charge in [-0.1, -0.05) is 29.8 Å². The lowest BCUT2D eigenvalue weighted by atomic mass is 10.1. The number of hydrogen-bond acceptors (Lipinski definition) is 4. The van der Waals surface area contributed by atoms with Crippen molar-refractivity contribution >= 4 is 23.4 Å². The summed E-state index contributed by atoms with van der Waals surface area (Å²) in [7, 11) is 0. The summed E-state index contributed by atoms with van der Waals surface area (Å²) in [5, 5.41) is 5.79. The van der Waals surface area contributed by atoms with Gasteiger partial charge in [-0.15, -0.1) is 0 Å². The third-order valence-corrected chi connectivity index (χ3v) is 4.94. The Hall–Kier alpha value is -2.80. The summed E-state index contributed by atoms with van der Waals surface area (Å²) in [6.45, 7) is 5.90. The Morgan fingerprint density at radius 3 is 2.54 bits per heavy atom. The Balaban J connectivity index is 1.73. The quantitative estimate of drug-likeness (QED) is 0.535. The Bertz CT molecular complexity index is 990. The molecule has 0 saturated carbocycles. The Morgan fingerprint density at radius 1 is 1.12 bits per heavy atom. The second kappa shape index (κ2) is 7.61. The van der Waals surface area contributed by atoms with Gasteiger partial charge in [-0.25, -0.2) is 4.79 Å². The molecular weight excluding hydrogens is 350 g/mol. The molecule has 0 aliphatic heterocycles. The molecule has 0 aliphatic rings. The number of amides is 1. The fourth-order valence-electron chi connectivity index (χ4n) is 2.44. The van der Waals surface area contributed by atoms with E-state index in [1.807, 2.05) is 63.2 Å². The number of benzene rings is 2. The molecule has 0 fully saturated rings. The molecule has 6 nitrogen and oxygen atoms in total. The maximum absolute atomic E-state index is 12.3. The first-order valence-corrected chi connectivity index (χ1v) is 9.13. The van der Waals surface area contributed by atoms with Crippen LogP contribution in [-0.4, -0.2) is 16.9 Å². The maximum atomic E-state index is 12.3. The summed E-state index contributed by atoms with van der Waals surface area (Å²) in [4.78, 5) is 24.3. The van der Waals surface area contributed by atoms with Crippen LogP contribution in [0.1, 0.15) is 16.7 Å². The Labute approximate surface area is 155 Å². The van der Waals surface area contributed by atoms with Crippen LogP contribution in [0.15, 0.2) is 56.8 Å². The van der Waals surface area contributed by atoms with Crippen LogP contribution in [-0.2, 0) is 4.79 Å². The number of nitrogens with zero attached hydrogens (tertiary/aromatic N) is 1. The van der Waals surface area contributed by atoms with Crippen LogP contribution in [0.25, 0.3) is 5.69 Å². The number of carbonyl (C=O) groups excluding carboxylic acids is 1. The Kier molecular flexibility index (Phi) is 5.27. The van der Waals surface area contributed by atoms with Crippen molar-refractivity contribution in [1.29, 1.82) is 0 Å². The number of nitrogens with one attached hydrogen (secondary N) is 2. The van der Waals surface area contributed by atoms with E-state index in [-0.39, 0.29) is 11.7 Å². The molecule has 2 N–H and O–H groups in total. The fourth-order valence-corrected chi connectivity index (χ4v) is 3.21. The van der Waals surface area contributed by atoms with Crippen molar-refractivity contribution in [3.8, 4) is 5.69 Å². The van der Waals surface area contributed by atoms with Crippen LogP contribution in [0.3, 0.4) is 0 Å². The lowest BCUT2D eigenvalue weighted by Crippen LogP contribution is -2.36. The number of thioether (sulfide) groups is 1. The SMILES string of the molecule is Cc1ccc(-[n+]2[nH]oc(=O)c2SCC(=O)Nc2cc(C)ccc2C)cc1. The van der Waals surface area contributed by atoms with E-state index in [9.17, 15) is 9.59 Å². The van der Waals surface area contributed by atoms with Crippen molar-refractivity contribution in [2.45, 2.75) is 25.8 Å². The topological polar surface area (TPSA) is 79.0 Å². The van der Waals surface area contributed by atoms with Gasteiger partial charge in [0.05, 0.1) is 5.75 Å². The van der Waals surface area contributed by atoms with Crippen LogP contribution in [0.4, 0.5) is 5.69 Å². The highest BCUT2D eigenvalue weighted by Crippen LogP contribution is 2.18. The summed E-state index contributed by atoms with van der Waals surface area (Å²) in [5.41, 5.74) is 4.21. The molecule has 3 rings (SSSR count). The molecule has 0 saturated heterocycles. The molecule has 1 heterocycles. The van der Waals surface area contributed by atoms with Crippen molar-refractivity contribution in [2.75, 3.05) is 11.1 Å². The van der Waals surface area contributed by atoms with E-state index in [2.05, 4.69) is 10.6 Å². The average Bonchev–Trinajstić information content (AvgIpc) is 2.98. The number of carbonyl (C=O) groups is 1. The van der Waals surface area contributed by atoms with E-state index in [0.29, 0.717) is 5.03 Å². The molecule has 26 heavy (non-hydrogen) atoms. The van der Waals surface area contributed by atoms with Gasteiger partial charge in [0.15, 0.2) is 0 Å². The van der Waals surface area contributed by atoms with E-state index in [0.717, 1.165) is 39.8 Å². The molecule has 0 aliphatic carbocycles. The molecule has 0 bridgehead atoms. The largest absolute Gasteiger partial charge is 0.442 e. The van der Waals surface area contributed by atoms with E-state index >= 15 is 0 Å². The van der Waals surface area contributed by atoms with Crippen molar-refractivity contribution in [2.24, 2.45) is 0 Å². The second-order valence-corrected chi connectivity index (χ2v) is 7.08. The van der Waals surface area contributed by atoms with Crippen LogP contribution in [0.2, 0.25) is 0 Å². The minimum Gasteiger partial charge on any atom is -0.325 e. The molecular formula is C19H20N3O3S+. The normalized spacial score (nSPS) is 10.7. The van der Waals surface area contributed by atoms with Gasteiger partial charge in [0.2, 0.25) is 11.6 Å². The van der Waals surface area contributed by atoms with Gasteiger partial charge in [0, 0.05) is 17.8 Å². The van der Waals surface area contributed by atoms with Gasteiger partial charge in [-0.05, 0) is 59.7 Å². The first-order valence-electron chi connectivity index (χ1n) is 8.14. The standard InChI is InChI=1S/C19H19N3O3S/c1-12-5-8-15(9-6-12)22-18(19(24)25-21-22)26-11-17(23)20-16-10-13(2)4-7-14(16)3/h4-10H,11H2,1-3H3,(H-,20,21,23,24)/p+1. The van der Waals surface area contributed by atoms with Crippen LogP contribution in [0, 0.1) is 20.8 Å². The van der Waals surface area contributed by atoms with Gasteiger partial charge in [-0.2, -0.15) is 0 Å². The number of aromatic amines is 1. The molecule has 0 radical (unpaired) electrons. The number of anilines is 1. The highest BCUT2D eigenvalue weighted by Gasteiger charge is 2.25. The number of aromatic nitrogens is 2. The molecule has 134 valence electrons. The minimum absolute atomic E-state index is 0.0991. The molecule has 7 heteroatoms. The summed E-state index contributed by atoms with van der Waals surface area (Å²) >= 11 is 1.13. The molecule has 2 aromatic carbocycles. The fraction of sp³-hybridized carbons (Fsp3) is 0.211. The molecule has 1 aromatic heterocycles. The number of H-pyrrole nitrogens is 1. The predicted octanol–water partition coefficient (Wildman–Crippen LogP) is 2.90. The minimum atomic E-state index is -0.505. The predicted molar refractivity (Wildman–Crippen MR) is 101 cm³/mol. The van der Waals surface area contributed by atoms with Crippen LogP contribution in [0.5, 0.6) is 0 Å². The van der Waals surface area contributed by atoms with Crippen molar-refractivity contribution in [3.05, 3.63) is 69.6 Å². The zero-order chi connectivity index (χ0) is 18.7. The summed E-state index contributed by atoms with van der Waals surface area (Å²) in [6.07, 6.45) is 0. The molecule has 0 unspecified atom stereocenters. The molecule has 0 spiro atoms. The monoisotopic (exact) mass is 370 g/mol. The van der Waals surface area contributed by atoms with E-state index < -0.39 is 5.63 Å². The van der Waals surface area contributed by atoms with E-state index in [4.69, 9.17) is 4.52 Å². The first kappa shape index (κ1) is 18.0. The lowest BCUT2D eigenvalue weighted by molar-refractivity contribution is -0.704. The number of rotatable bonds is 5. The highest BCUT2D eigenvalue weighted by atomic mass is 32.2. The molecule has 0 atom stereocenters. The smallest absolute Gasteiger partial charge is 0.325 e. The van der Waals surface area contributed by atoms with Gasteiger partial charge < -0.3 is 5.32 Å². The van der Waals surface area contributed by atoms with Gasteiger partial charge in [0.1, 0.15) is 0 Å². The van der Waals surface area contributed by atoms with E-state index in [1.165, 1.54) is 4.68 Å². The summed E-state index contributed by atoms with van der Waals surface area (Å²) in [6, 6.07) is 13.5. The summed E-state index contributed by atoms with van der Waals surface area (Å²) in [5.74, 6) is -0.0817. The Morgan fingerprint density at radius 2 is 1.81 bits per heavy atom. The first-order chi connectivity index (χ1) is 12.4. The highest BCUT2D eigenvalue weighted by molar-refractivity contribution is 7.99. The van der Waals surface area contributed by atoms with E-state index in [1.54, 1.807) is 0 Å². The van der Waals surface area contributed by atoms with Crippen molar-refractivity contribution in [1.82, 2.24) is 5.27 Å². The van der Waals surface area contributed by atoms with Crippen LogP contribution < -0.4 is 15.6 Å². The average molecular weight is 370 g/mol. The van der Waals surface area contributed by atoms with Gasteiger partial charge in [-0.3, -0.25) is 9.32 Å². The molecule has 3 aromatic rings. The van der Waals surface area contributed by atoms with Gasteiger partial charge in [0.25, 0.3) is 0 Å². The third kappa shape index (κ3) is 4.05. The molecule has 1 amide bonds. The maximum Gasteiger partial charge on any atom is 0.442 e. The second-order valence-electron chi connectivity index (χ2n) is 6.11.